The van der Waals surface area contributed by atoms with Gasteiger partial charge in [0.1, 0.15) is 17.2 Å². The lowest BCUT2D eigenvalue weighted by atomic mass is 10.1. The lowest BCUT2D eigenvalue weighted by Gasteiger charge is -2.05. The van der Waals surface area contributed by atoms with Crippen LogP contribution in [0.5, 0.6) is 0 Å². The van der Waals surface area contributed by atoms with Gasteiger partial charge in [0.2, 0.25) is 11.5 Å². The monoisotopic (exact) mass is 593 g/mol. The van der Waals surface area contributed by atoms with Gasteiger partial charge >= 0.3 is 0 Å². The molecule has 210 valence electrons. The lowest BCUT2D eigenvalue weighted by molar-refractivity contribution is 0.611. The molecule has 0 aliphatic carbocycles. The van der Waals surface area contributed by atoms with Crippen molar-refractivity contribution in [3.05, 3.63) is 133 Å². The average molecular weight is 594 g/mol. The highest BCUT2D eigenvalue weighted by atomic mass is 16.3. The number of aryl methyl sites for hydroxylation is 1. The van der Waals surface area contributed by atoms with Crippen LogP contribution in [-0.4, -0.2) is 19.9 Å². The standard InChI is InChI=1S/C32H11N13O/c1-15-8-21-22(9-16(15)12-33)39-27(38-21)18(14-35)28-43-30(45-31(44-28)32-42-19-6-4-5-7-25(19)46-32)26(37-3)29-40-23-10-17(13-34)20(36-2)11-24(23)41-29/h4-11H,1H3/b27-18-,29-26-. The van der Waals surface area contributed by atoms with Crippen LogP contribution < -0.4 is 21.4 Å². The first kappa shape index (κ1) is 27.1. The first-order valence-electron chi connectivity index (χ1n) is 13.2. The molecule has 0 radical (unpaired) electrons. The molecular formula is C32H11N13O. The molecule has 0 saturated heterocycles. The van der Waals surface area contributed by atoms with Crippen LogP contribution in [0.4, 0.5) is 5.69 Å². The number of nitrogens with zero attached hydrogens (tertiary/aromatic N) is 13. The molecule has 2 aliphatic heterocycles. The van der Waals surface area contributed by atoms with Gasteiger partial charge in [-0.05, 0) is 48.9 Å². The van der Waals surface area contributed by atoms with E-state index < -0.39 is 0 Å². The number of allylic oxidation sites excluding steroid dienone is 1. The highest BCUT2D eigenvalue weighted by Crippen LogP contribution is 2.28. The molecule has 3 aromatic carbocycles. The number of hydrogen-bond acceptors (Lipinski definition) is 12. The Kier molecular flexibility index (Phi) is 6.20. The molecule has 14 nitrogen and oxygen atoms in total. The van der Waals surface area contributed by atoms with Crippen LogP contribution in [0, 0.1) is 54.1 Å². The number of benzene rings is 3. The molecule has 0 N–H and O–H groups in total. The Hall–Kier alpha value is -7.73. The Morgan fingerprint density at radius 1 is 0.761 bits per heavy atom. The summed E-state index contributed by atoms with van der Waals surface area (Å²) in [5, 5.41) is 30.6. The fourth-order valence-electron chi connectivity index (χ4n) is 4.69. The zero-order valence-corrected chi connectivity index (χ0v) is 23.3. The minimum Gasteiger partial charge on any atom is -0.434 e. The molecule has 4 heterocycles. The summed E-state index contributed by atoms with van der Waals surface area (Å²) in [6, 6.07) is 19.3. The van der Waals surface area contributed by atoms with Gasteiger partial charge in [0.05, 0.1) is 57.8 Å². The van der Waals surface area contributed by atoms with Gasteiger partial charge in [0.25, 0.3) is 11.6 Å². The molecule has 0 fully saturated rings. The summed E-state index contributed by atoms with van der Waals surface area (Å²) in [7, 11) is 0. The van der Waals surface area contributed by atoms with Crippen molar-refractivity contribution in [1.29, 1.82) is 15.8 Å². The number of fused-ring (bicyclic) bond motifs is 3. The number of rotatable bonds is 3. The highest BCUT2D eigenvalue weighted by Gasteiger charge is 2.24. The summed E-state index contributed by atoms with van der Waals surface area (Å²) in [6.45, 7) is 17.1. The first-order chi connectivity index (χ1) is 22.4. The van der Waals surface area contributed by atoms with E-state index in [1.165, 1.54) is 12.1 Å². The molecule has 46 heavy (non-hydrogen) atoms. The minimum absolute atomic E-state index is 0.00280. The lowest BCUT2D eigenvalue weighted by Crippen LogP contribution is -2.22. The Balaban J connectivity index is 1.48. The Morgan fingerprint density at radius 3 is 2.09 bits per heavy atom. The fraction of sp³-hybridized carbons (Fsp3) is 0.0312. The van der Waals surface area contributed by atoms with Gasteiger partial charge in [-0.3, -0.25) is 0 Å². The molecule has 0 saturated carbocycles. The largest absolute Gasteiger partial charge is 0.434 e. The van der Waals surface area contributed by atoms with E-state index in [1.807, 2.05) is 6.07 Å². The van der Waals surface area contributed by atoms with E-state index in [1.54, 1.807) is 43.3 Å². The van der Waals surface area contributed by atoms with E-state index in [0.717, 1.165) is 0 Å². The summed E-state index contributed by atoms with van der Waals surface area (Å²) < 4.78 is 5.89. The third-order valence-corrected chi connectivity index (χ3v) is 6.90. The third kappa shape index (κ3) is 4.40. The minimum atomic E-state index is -0.194. The molecule has 5 aromatic rings. The van der Waals surface area contributed by atoms with Crippen molar-refractivity contribution in [1.82, 2.24) is 19.9 Å². The van der Waals surface area contributed by atoms with Crippen LogP contribution >= 0.6 is 0 Å². The van der Waals surface area contributed by atoms with Crippen molar-refractivity contribution >= 4 is 28.1 Å². The van der Waals surface area contributed by atoms with Crippen molar-refractivity contribution in [3.63, 3.8) is 0 Å². The molecule has 0 spiro atoms. The van der Waals surface area contributed by atoms with Crippen LogP contribution in [0.1, 0.15) is 28.3 Å². The molecular weight excluding hydrogens is 582 g/mol. The predicted octanol–water partition coefficient (Wildman–Crippen LogP) is 2.93. The van der Waals surface area contributed by atoms with E-state index >= 15 is 0 Å². The van der Waals surface area contributed by atoms with Crippen LogP contribution in [0.15, 0.2) is 84.6 Å². The summed E-state index contributed by atoms with van der Waals surface area (Å²) in [6.07, 6.45) is 0. The maximum Gasteiger partial charge on any atom is 0.274 e. The topological polar surface area (TPSA) is 194 Å². The van der Waals surface area contributed by atoms with E-state index in [0.29, 0.717) is 43.7 Å². The van der Waals surface area contributed by atoms with Gasteiger partial charge in [-0.2, -0.15) is 15.8 Å². The van der Waals surface area contributed by atoms with Crippen molar-refractivity contribution in [2.24, 2.45) is 20.0 Å². The van der Waals surface area contributed by atoms with Crippen molar-refractivity contribution in [2.75, 3.05) is 0 Å². The van der Waals surface area contributed by atoms with E-state index in [2.05, 4.69) is 61.7 Å². The Bertz CT molecular complexity index is 2680. The van der Waals surface area contributed by atoms with Gasteiger partial charge in [-0.25, -0.2) is 49.6 Å². The second kappa shape index (κ2) is 10.5. The van der Waals surface area contributed by atoms with Crippen LogP contribution in [0.3, 0.4) is 0 Å². The zero-order chi connectivity index (χ0) is 31.9. The van der Waals surface area contributed by atoms with Crippen molar-refractivity contribution in [3.8, 4) is 29.9 Å². The Morgan fingerprint density at radius 2 is 1.41 bits per heavy atom. The van der Waals surface area contributed by atoms with E-state index in [9.17, 15) is 15.8 Å². The Labute approximate surface area is 257 Å². The fourth-order valence-corrected chi connectivity index (χ4v) is 4.69. The summed E-state index contributed by atoms with van der Waals surface area (Å²) in [5.74, 6) is -0.499. The van der Waals surface area contributed by atoms with Crippen LogP contribution in [-0.2, 0) is 0 Å². The molecule has 14 heteroatoms. The van der Waals surface area contributed by atoms with Crippen molar-refractivity contribution < 1.29 is 4.42 Å². The second-order valence-electron chi connectivity index (χ2n) is 9.68. The summed E-state index contributed by atoms with van der Waals surface area (Å²) in [4.78, 5) is 42.6. The maximum absolute atomic E-state index is 10.3. The molecule has 7 rings (SSSR count). The highest BCUT2D eigenvalue weighted by molar-refractivity contribution is 5.79. The molecule has 0 amide bonds. The third-order valence-electron chi connectivity index (χ3n) is 6.90. The number of hydrogen-bond donors (Lipinski definition) is 0. The predicted molar refractivity (Wildman–Crippen MR) is 157 cm³/mol. The summed E-state index contributed by atoms with van der Waals surface area (Å²) >= 11 is 0. The van der Waals surface area contributed by atoms with Crippen LogP contribution in [0.2, 0.25) is 0 Å². The van der Waals surface area contributed by atoms with E-state index in [-0.39, 0.29) is 57.5 Å². The SMILES string of the molecule is [C-]#[N+]/C(=C1/N=c2cc(C#N)c([N+]#[C-])cc2=N1)c1nc(/C(C#N)=C2/N=c3cc(C)c(C#N)cc3=N2)nc(-c2nc3ccccc3o2)n1. The van der Waals surface area contributed by atoms with Gasteiger partial charge in [0, 0.05) is 0 Å². The quantitative estimate of drug-likeness (QED) is 0.225. The normalized spacial score (nSPS) is 14.4. The molecule has 0 unspecified atom stereocenters. The number of nitriles is 3. The number of para-hydroxylation sites is 2. The maximum atomic E-state index is 10.3. The van der Waals surface area contributed by atoms with Gasteiger partial charge in [-0.15, -0.1) is 0 Å². The molecule has 0 atom stereocenters. The van der Waals surface area contributed by atoms with E-state index in [4.69, 9.17) is 17.6 Å². The number of oxazole rings is 1. The average Bonchev–Trinajstić information content (AvgIpc) is 3.80. The number of aromatic nitrogens is 4. The summed E-state index contributed by atoms with van der Waals surface area (Å²) in [5.41, 5.74) is 2.00. The zero-order valence-electron chi connectivity index (χ0n) is 23.3. The molecule has 2 aromatic heterocycles. The van der Waals surface area contributed by atoms with Gasteiger partial charge < -0.3 is 4.42 Å². The second-order valence-corrected chi connectivity index (χ2v) is 9.68. The first-order valence-corrected chi connectivity index (χ1v) is 13.2. The van der Waals surface area contributed by atoms with Crippen LogP contribution in [0.25, 0.3) is 43.8 Å². The molecule has 0 bridgehead atoms. The smallest absolute Gasteiger partial charge is 0.274 e. The van der Waals surface area contributed by atoms with Gasteiger partial charge in [0.15, 0.2) is 28.9 Å². The van der Waals surface area contributed by atoms with Crippen molar-refractivity contribution in [2.45, 2.75) is 6.92 Å². The van der Waals surface area contributed by atoms with Gasteiger partial charge in [-0.1, -0.05) is 12.1 Å². The molecule has 2 aliphatic rings.